The van der Waals surface area contributed by atoms with Crippen LogP contribution in [-0.2, 0) is 0 Å². The van der Waals surface area contributed by atoms with Crippen LogP contribution in [0.2, 0.25) is 5.02 Å². The zero-order valence-corrected chi connectivity index (χ0v) is 9.46. The Morgan fingerprint density at radius 1 is 1.38 bits per heavy atom. The number of fused-ring (bicyclic) bond motifs is 1. The van der Waals surface area contributed by atoms with Gasteiger partial charge in [-0.25, -0.2) is 0 Å². The van der Waals surface area contributed by atoms with Crippen LogP contribution >= 0.6 is 11.6 Å². The third-order valence-electron chi connectivity index (χ3n) is 2.92. The molecular weight excluding hydrogens is 224 g/mol. The minimum absolute atomic E-state index is 0.106. The molecule has 0 saturated heterocycles. The first-order valence-electron chi connectivity index (χ1n) is 5.45. The van der Waals surface area contributed by atoms with Crippen molar-refractivity contribution in [2.45, 2.75) is 19.3 Å². The van der Waals surface area contributed by atoms with Gasteiger partial charge in [0.15, 0.2) is 11.5 Å². The average molecular weight is 235 g/mol. The Kier molecular flexibility index (Phi) is 2.25. The van der Waals surface area contributed by atoms with Gasteiger partial charge in [-0.05, 0) is 43.0 Å². The first-order valence-corrected chi connectivity index (χ1v) is 5.82. The summed E-state index contributed by atoms with van der Waals surface area (Å²) in [6, 6.07) is 7.16. The lowest BCUT2D eigenvalue weighted by atomic mass is 10.1. The zero-order chi connectivity index (χ0) is 11.1. The van der Waals surface area contributed by atoms with Crippen molar-refractivity contribution in [2.24, 2.45) is 5.92 Å². The van der Waals surface area contributed by atoms with E-state index in [1.165, 1.54) is 12.8 Å². The molecule has 3 rings (SSSR count). The summed E-state index contributed by atoms with van der Waals surface area (Å²) in [6.45, 7) is 0. The molecule has 1 saturated carbocycles. The van der Waals surface area contributed by atoms with Gasteiger partial charge in [-0.15, -0.1) is 0 Å². The third-order valence-corrected chi connectivity index (χ3v) is 3.16. The van der Waals surface area contributed by atoms with E-state index in [-0.39, 0.29) is 5.78 Å². The minimum Gasteiger partial charge on any atom is -0.453 e. The van der Waals surface area contributed by atoms with E-state index in [0.717, 1.165) is 11.0 Å². The number of carbonyl (C=O) groups excluding carboxylic acids is 1. The van der Waals surface area contributed by atoms with Crippen LogP contribution in [0.25, 0.3) is 11.0 Å². The number of carbonyl (C=O) groups is 1. The molecule has 1 heterocycles. The Bertz CT molecular complexity index is 552. The van der Waals surface area contributed by atoms with E-state index < -0.39 is 0 Å². The maximum Gasteiger partial charge on any atom is 0.198 e. The zero-order valence-electron chi connectivity index (χ0n) is 8.70. The molecule has 2 aromatic rings. The van der Waals surface area contributed by atoms with Gasteiger partial charge >= 0.3 is 0 Å². The second kappa shape index (κ2) is 3.63. The van der Waals surface area contributed by atoms with Crippen molar-refractivity contribution < 1.29 is 9.21 Å². The lowest BCUT2D eigenvalue weighted by Gasteiger charge is -1.92. The van der Waals surface area contributed by atoms with Crippen LogP contribution in [0, 0.1) is 5.92 Å². The Morgan fingerprint density at radius 2 is 2.19 bits per heavy atom. The van der Waals surface area contributed by atoms with E-state index in [0.29, 0.717) is 23.1 Å². The van der Waals surface area contributed by atoms with Crippen molar-refractivity contribution in [3.8, 4) is 0 Å². The van der Waals surface area contributed by atoms with Crippen LogP contribution in [0.15, 0.2) is 28.7 Å². The number of benzene rings is 1. The normalized spacial score (nSPS) is 15.6. The number of halogens is 1. The molecule has 82 valence electrons. The lowest BCUT2D eigenvalue weighted by Crippen LogP contribution is -1.97. The van der Waals surface area contributed by atoms with Crippen molar-refractivity contribution in [3.63, 3.8) is 0 Å². The third kappa shape index (κ3) is 1.85. The minimum atomic E-state index is 0.106. The van der Waals surface area contributed by atoms with Gasteiger partial charge in [0, 0.05) is 16.8 Å². The summed E-state index contributed by atoms with van der Waals surface area (Å²) in [6.07, 6.45) is 2.98. The smallest absolute Gasteiger partial charge is 0.198 e. The second-order valence-electron chi connectivity index (χ2n) is 4.36. The fourth-order valence-electron chi connectivity index (χ4n) is 1.84. The van der Waals surface area contributed by atoms with Crippen LogP contribution in [-0.4, -0.2) is 5.78 Å². The molecule has 1 aromatic carbocycles. The Labute approximate surface area is 98.2 Å². The summed E-state index contributed by atoms with van der Waals surface area (Å²) in [5, 5.41) is 1.56. The molecule has 16 heavy (non-hydrogen) atoms. The van der Waals surface area contributed by atoms with E-state index in [1.807, 2.05) is 6.07 Å². The Morgan fingerprint density at radius 3 is 2.94 bits per heavy atom. The van der Waals surface area contributed by atoms with Crippen molar-refractivity contribution in [3.05, 3.63) is 35.0 Å². The van der Waals surface area contributed by atoms with E-state index in [9.17, 15) is 4.79 Å². The van der Waals surface area contributed by atoms with Gasteiger partial charge in [-0.1, -0.05) is 11.6 Å². The van der Waals surface area contributed by atoms with Crippen LogP contribution < -0.4 is 0 Å². The van der Waals surface area contributed by atoms with Crippen molar-refractivity contribution in [1.82, 2.24) is 0 Å². The molecule has 0 atom stereocenters. The highest BCUT2D eigenvalue weighted by atomic mass is 35.5. The Balaban J connectivity index is 1.94. The van der Waals surface area contributed by atoms with Crippen molar-refractivity contribution in [2.75, 3.05) is 0 Å². The van der Waals surface area contributed by atoms with Crippen LogP contribution in [0.5, 0.6) is 0 Å². The Hall–Kier alpha value is -1.28. The van der Waals surface area contributed by atoms with Crippen molar-refractivity contribution >= 4 is 28.4 Å². The number of Topliss-reactive ketones (excluding diaryl/α,β-unsaturated/α-hetero) is 1. The van der Waals surface area contributed by atoms with Crippen LogP contribution in [0.1, 0.15) is 29.8 Å². The molecule has 3 heteroatoms. The molecule has 0 bridgehead atoms. The first kappa shape index (κ1) is 9.91. The molecule has 1 aliphatic carbocycles. The fraction of sp³-hybridized carbons (Fsp3) is 0.308. The molecule has 1 aliphatic rings. The summed E-state index contributed by atoms with van der Waals surface area (Å²) < 4.78 is 5.51. The van der Waals surface area contributed by atoms with E-state index in [1.54, 1.807) is 18.2 Å². The number of hydrogen-bond donors (Lipinski definition) is 0. The monoisotopic (exact) mass is 234 g/mol. The van der Waals surface area contributed by atoms with Gasteiger partial charge in [0.25, 0.3) is 0 Å². The topological polar surface area (TPSA) is 30.2 Å². The highest BCUT2D eigenvalue weighted by Crippen LogP contribution is 2.34. The fourth-order valence-corrected chi connectivity index (χ4v) is 2.02. The molecule has 0 unspecified atom stereocenters. The summed E-state index contributed by atoms with van der Waals surface area (Å²) in [5.74, 6) is 1.16. The number of furan rings is 1. The highest BCUT2D eigenvalue weighted by molar-refractivity contribution is 6.31. The van der Waals surface area contributed by atoms with Crippen LogP contribution in [0.3, 0.4) is 0 Å². The molecule has 0 N–H and O–H groups in total. The van der Waals surface area contributed by atoms with Gasteiger partial charge in [0.2, 0.25) is 0 Å². The van der Waals surface area contributed by atoms with E-state index in [2.05, 4.69) is 0 Å². The van der Waals surface area contributed by atoms with Gasteiger partial charge in [-0.3, -0.25) is 4.79 Å². The molecule has 1 aromatic heterocycles. The largest absolute Gasteiger partial charge is 0.453 e. The quantitative estimate of drug-likeness (QED) is 0.750. The van der Waals surface area contributed by atoms with Gasteiger partial charge < -0.3 is 4.42 Å². The molecule has 0 aliphatic heterocycles. The molecule has 0 spiro atoms. The van der Waals surface area contributed by atoms with E-state index >= 15 is 0 Å². The number of ketones is 1. The number of rotatable bonds is 3. The average Bonchev–Trinajstić information content (AvgIpc) is 2.95. The number of hydrogen-bond acceptors (Lipinski definition) is 2. The second-order valence-corrected chi connectivity index (χ2v) is 4.80. The summed E-state index contributed by atoms with van der Waals surface area (Å²) in [7, 11) is 0. The van der Waals surface area contributed by atoms with Gasteiger partial charge in [-0.2, -0.15) is 0 Å². The lowest BCUT2D eigenvalue weighted by molar-refractivity contribution is 0.0951. The predicted octanol–water partition coefficient (Wildman–Crippen LogP) is 4.07. The molecule has 2 nitrogen and oxygen atoms in total. The summed E-state index contributed by atoms with van der Waals surface area (Å²) in [4.78, 5) is 11.8. The highest BCUT2D eigenvalue weighted by Gasteiger charge is 2.26. The van der Waals surface area contributed by atoms with Gasteiger partial charge in [0.1, 0.15) is 5.58 Å². The first-order chi connectivity index (χ1) is 7.72. The summed E-state index contributed by atoms with van der Waals surface area (Å²) >= 11 is 5.88. The molecular formula is C13H11ClO2. The molecule has 0 radical (unpaired) electrons. The van der Waals surface area contributed by atoms with Crippen molar-refractivity contribution in [1.29, 1.82) is 0 Å². The SMILES string of the molecule is O=C(CC1CC1)c1cc2cc(Cl)ccc2o1. The molecule has 1 fully saturated rings. The van der Waals surface area contributed by atoms with Gasteiger partial charge in [0.05, 0.1) is 0 Å². The van der Waals surface area contributed by atoms with E-state index in [4.69, 9.17) is 16.0 Å². The maximum atomic E-state index is 11.8. The standard InChI is InChI=1S/C13H11ClO2/c14-10-3-4-12-9(6-10)7-13(16-12)11(15)5-8-1-2-8/h3-4,6-8H,1-2,5H2. The maximum absolute atomic E-state index is 11.8. The predicted molar refractivity (Wildman–Crippen MR) is 62.9 cm³/mol. The van der Waals surface area contributed by atoms with Crippen LogP contribution in [0.4, 0.5) is 0 Å². The molecule has 0 amide bonds. The summed E-state index contributed by atoms with van der Waals surface area (Å²) in [5.41, 5.74) is 0.726.